The molecule has 3 amide bonds. The first-order valence-corrected chi connectivity index (χ1v) is 7.07. The number of amides is 3. The second kappa shape index (κ2) is 5.72. The number of nitrogens with one attached hydrogen (secondary N) is 1. The van der Waals surface area contributed by atoms with Crippen LogP contribution < -0.4 is 5.43 Å². The van der Waals surface area contributed by atoms with Crippen LogP contribution in [-0.2, 0) is 17.5 Å². The number of rotatable bonds is 3. The number of carbonyl (C=O) groups is 3. The number of carbonyl (C=O) groups excluding carboxylic acids is 3. The van der Waals surface area contributed by atoms with Gasteiger partial charge in [-0.1, -0.05) is 12.1 Å². The summed E-state index contributed by atoms with van der Waals surface area (Å²) in [6.45, 7) is 0.785. The van der Waals surface area contributed by atoms with Gasteiger partial charge in [0, 0.05) is 5.69 Å². The highest BCUT2D eigenvalue weighted by molar-refractivity contribution is 6.21. The molecule has 1 N–H and O–H groups in total. The lowest BCUT2D eigenvalue weighted by atomic mass is 10.1. The maximum atomic E-state index is 12.6. The number of hydrogen-bond donors (Lipinski definition) is 1. The van der Waals surface area contributed by atoms with Crippen LogP contribution in [0.15, 0.2) is 30.3 Å². The normalized spacial score (nSPS) is 14.0. The molecule has 0 unspecified atom stereocenters. The number of alkyl halides is 3. The molecule has 7 nitrogen and oxygen atoms in total. The number of imide groups is 1. The fraction of sp³-hybridized carbons (Fsp3) is 0.200. The molecule has 1 aromatic carbocycles. The lowest BCUT2D eigenvalue weighted by molar-refractivity contribution is -0.141. The number of benzene rings is 1. The van der Waals surface area contributed by atoms with Gasteiger partial charge >= 0.3 is 6.18 Å². The second-order valence-electron chi connectivity index (χ2n) is 5.35. The molecule has 2 aromatic rings. The number of hydrogen-bond acceptors (Lipinski definition) is 4. The van der Waals surface area contributed by atoms with Crippen molar-refractivity contribution in [3.8, 4) is 0 Å². The summed E-state index contributed by atoms with van der Waals surface area (Å²) in [6.07, 6.45) is -4.63. The summed E-state index contributed by atoms with van der Waals surface area (Å²) in [7, 11) is 0. The van der Waals surface area contributed by atoms with Crippen molar-refractivity contribution in [1.29, 1.82) is 0 Å². The first kappa shape index (κ1) is 16.7. The van der Waals surface area contributed by atoms with Crippen molar-refractivity contribution in [3.63, 3.8) is 0 Å². The number of aryl methyl sites for hydroxylation is 1. The molecule has 0 saturated heterocycles. The maximum Gasteiger partial charge on any atom is 0.435 e. The molecule has 1 aliphatic heterocycles. The molecule has 0 bridgehead atoms. The highest BCUT2D eigenvalue weighted by atomic mass is 19.4. The Morgan fingerprint density at radius 2 is 1.72 bits per heavy atom. The Balaban J connectivity index is 1.73. The fourth-order valence-electron chi connectivity index (χ4n) is 2.40. The summed E-state index contributed by atoms with van der Waals surface area (Å²) in [5.74, 6) is -2.27. The molecule has 1 aromatic heterocycles. The molecule has 1 aliphatic rings. The quantitative estimate of drug-likeness (QED) is 0.850. The first-order chi connectivity index (χ1) is 11.7. The Morgan fingerprint density at radius 1 is 1.16 bits per heavy atom. The minimum absolute atomic E-state index is 0.116. The molecule has 0 fully saturated rings. The fourth-order valence-corrected chi connectivity index (χ4v) is 2.40. The highest BCUT2D eigenvalue weighted by Crippen LogP contribution is 2.28. The van der Waals surface area contributed by atoms with Gasteiger partial charge in [-0.3, -0.25) is 24.5 Å². The molecule has 0 radical (unpaired) electrons. The zero-order valence-corrected chi connectivity index (χ0v) is 12.8. The number of halogens is 3. The minimum Gasteiger partial charge on any atom is -0.271 e. The van der Waals surface area contributed by atoms with E-state index in [0.717, 1.165) is 10.7 Å². The van der Waals surface area contributed by atoms with Crippen LogP contribution in [0.3, 0.4) is 0 Å². The third-order valence-corrected chi connectivity index (χ3v) is 3.60. The standard InChI is InChI=1S/C15H11F3N4O3/c1-8-6-11(15(16,17)18)19-21(8)7-12(23)20-22-13(24)9-4-2-3-5-10(9)14(22)25/h2-6H,7H2,1H3,(H,20,23). The Bertz CT molecular complexity index is 853. The van der Waals surface area contributed by atoms with Gasteiger partial charge in [-0.05, 0) is 25.1 Å². The van der Waals surface area contributed by atoms with E-state index in [-0.39, 0.29) is 16.8 Å². The van der Waals surface area contributed by atoms with Crippen LogP contribution in [-0.4, -0.2) is 32.5 Å². The van der Waals surface area contributed by atoms with E-state index in [2.05, 4.69) is 10.5 Å². The van der Waals surface area contributed by atoms with Gasteiger partial charge in [0.15, 0.2) is 5.69 Å². The van der Waals surface area contributed by atoms with E-state index >= 15 is 0 Å². The monoisotopic (exact) mass is 352 g/mol. The van der Waals surface area contributed by atoms with Crippen LogP contribution in [0.4, 0.5) is 13.2 Å². The average molecular weight is 352 g/mol. The van der Waals surface area contributed by atoms with E-state index in [1.54, 1.807) is 12.1 Å². The molecule has 130 valence electrons. The topological polar surface area (TPSA) is 84.3 Å². The van der Waals surface area contributed by atoms with Crippen LogP contribution in [0.25, 0.3) is 0 Å². The zero-order chi connectivity index (χ0) is 18.4. The molecule has 25 heavy (non-hydrogen) atoms. The summed E-state index contributed by atoms with van der Waals surface area (Å²) < 4.78 is 38.7. The highest BCUT2D eigenvalue weighted by Gasteiger charge is 2.37. The summed E-state index contributed by atoms with van der Waals surface area (Å²) >= 11 is 0. The number of nitrogens with zero attached hydrogens (tertiary/aromatic N) is 3. The Morgan fingerprint density at radius 3 is 2.20 bits per heavy atom. The summed E-state index contributed by atoms with van der Waals surface area (Å²) in [5, 5.41) is 3.85. The van der Waals surface area contributed by atoms with Crippen LogP contribution >= 0.6 is 0 Å². The van der Waals surface area contributed by atoms with Crippen molar-refractivity contribution < 1.29 is 27.6 Å². The van der Waals surface area contributed by atoms with Gasteiger partial charge in [0.25, 0.3) is 17.7 Å². The summed E-state index contributed by atoms with van der Waals surface area (Å²) in [5.41, 5.74) is 1.37. The largest absolute Gasteiger partial charge is 0.435 e. The lowest BCUT2D eigenvalue weighted by Gasteiger charge is -2.15. The Labute approximate surface area is 139 Å². The van der Waals surface area contributed by atoms with Crippen LogP contribution in [0.1, 0.15) is 32.1 Å². The Kier molecular flexibility index (Phi) is 3.82. The zero-order valence-electron chi connectivity index (χ0n) is 12.8. The molecule has 10 heteroatoms. The van der Waals surface area contributed by atoms with Gasteiger partial charge < -0.3 is 0 Å². The van der Waals surface area contributed by atoms with Crippen LogP contribution in [0.2, 0.25) is 0 Å². The minimum atomic E-state index is -4.63. The van der Waals surface area contributed by atoms with Gasteiger partial charge in [0.2, 0.25) is 0 Å². The third kappa shape index (κ3) is 2.97. The van der Waals surface area contributed by atoms with Crippen molar-refractivity contribution in [2.75, 3.05) is 0 Å². The van der Waals surface area contributed by atoms with Gasteiger partial charge in [0.05, 0.1) is 11.1 Å². The first-order valence-electron chi connectivity index (χ1n) is 7.07. The molecule has 0 spiro atoms. The lowest BCUT2D eigenvalue weighted by Crippen LogP contribution is -2.47. The smallest absolute Gasteiger partial charge is 0.271 e. The van der Waals surface area contributed by atoms with E-state index < -0.39 is 36.1 Å². The van der Waals surface area contributed by atoms with E-state index in [1.165, 1.54) is 19.1 Å². The van der Waals surface area contributed by atoms with Crippen molar-refractivity contribution >= 4 is 17.7 Å². The molecular formula is C15H11F3N4O3. The number of fused-ring (bicyclic) bond motifs is 1. The summed E-state index contributed by atoms with van der Waals surface area (Å²) in [6, 6.07) is 6.82. The maximum absolute atomic E-state index is 12.6. The molecule has 3 rings (SSSR count). The number of hydrazine groups is 1. The van der Waals surface area contributed by atoms with Crippen molar-refractivity contribution in [3.05, 3.63) is 52.8 Å². The van der Waals surface area contributed by atoms with E-state index in [4.69, 9.17) is 0 Å². The Hall–Kier alpha value is -3.17. The molecule has 0 atom stereocenters. The van der Waals surface area contributed by atoms with Crippen LogP contribution in [0, 0.1) is 6.92 Å². The average Bonchev–Trinajstić information content (AvgIpc) is 3.02. The van der Waals surface area contributed by atoms with E-state index in [9.17, 15) is 27.6 Å². The van der Waals surface area contributed by atoms with Gasteiger partial charge in [-0.25, -0.2) is 0 Å². The molecular weight excluding hydrogens is 341 g/mol. The molecule has 0 aliphatic carbocycles. The predicted molar refractivity (Wildman–Crippen MR) is 77.1 cm³/mol. The van der Waals surface area contributed by atoms with E-state index in [1.807, 2.05) is 0 Å². The number of aromatic nitrogens is 2. The van der Waals surface area contributed by atoms with Gasteiger partial charge in [0.1, 0.15) is 6.54 Å². The van der Waals surface area contributed by atoms with Gasteiger partial charge in [-0.15, -0.1) is 0 Å². The van der Waals surface area contributed by atoms with E-state index in [0.29, 0.717) is 5.01 Å². The second-order valence-corrected chi connectivity index (χ2v) is 5.35. The van der Waals surface area contributed by atoms with Crippen molar-refractivity contribution in [1.82, 2.24) is 20.2 Å². The molecule has 2 heterocycles. The van der Waals surface area contributed by atoms with Crippen molar-refractivity contribution in [2.45, 2.75) is 19.6 Å². The molecule has 0 saturated carbocycles. The van der Waals surface area contributed by atoms with Gasteiger partial charge in [-0.2, -0.15) is 23.3 Å². The van der Waals surface area contributed by atoms with Crippen molar-refractivity contribution in [2.24, 2.45) is 0 Å². The predicted octanol–water partition coefficient (Wildman–Crippen LogP) is 1.54. The SMILES string of the molecule is Cc1cc(C(F)(F)F)nn1CC(=O)NN1C(=O)c2ccccc2C1=O. The third-order valence-electron chi connectivity index (χ3n) is 3.60. The van der Waals surface area contributed by atoms with Crippen LogP contribution in [0.5, 0.6) is 0 Å². The summed E-state index contributed by atoms with van der Waals surface area (Å²) in [4.78, 5) is 36.3.